The number of carbonyl (C=O) groups excluding carboxylic acids is 1. The lowest BCUT2D eigenvalue weighted by atomic mass is 9.93. The predicted octanol–water partition coefficient (Wildman–Crippen LogP) is 3.56. The van der Waals surface area contributed by atoms with Gasteiger partial charge in [-0.1, -0.05) is 12.8 Å². The largest absolute Gasteiger partial charge is 0.444 e. The number of amides is 1. The van der Waals surface area contributed by atoms with Crippen LogP contribution in [0.1, 0.15) is 66.7 Å². The van der Waals surface area contributed by atoms with E-state index in [9.17, 15) is 13.2 Å². The Kier molecular flexibility index (Phi) is 7.11. The van der Waals surface area contributed by atoms with Gasteiger partial charge in [0.2, 0.25) is 0 Å². The van der Waals surface area contributed by atoms with Gasteiger partial charge < -0.3 is 9.64 Å². The summed E-state index contributed by atoms with van der Waals surface area (Å²) < 4.78 is 32.0. The second-order valence-corrected chi connectivity index (χ2v) is 9.99. The molecule has 1 fully saturated rings. The molecule has 0 bridgehead atoms. The molecular formula is C17H33NO5S. The summed E-state index contributed by atoms with van der Waals surface area (Å²) in [5, 5.41) is 0. The van der Waals surface area contributed by atoms with Crippen LogP contribution in [0.5, 0.6) is 0 Å². The van der Waals surface area contributed by atoms with Crippen molar-refractivity contribution in [2.45, 2.75) is 77.9 Å². The topological polar surface area (TPSA) is 72.9 Å². The molecule has 1 aliphatic rings. The highest BCUT2D eigenvalue weighted by molar-refractivity contribution is 7.85. The van der Waals surface area contributed by atoms with Crippen molar-refractivity contribution in [2.24, 2.45) is 5.92 Å². The van der Waals surface area contributed by atoms with Crippen molar-refractivity contribution in [2.75, 3.05) is 19.4 Å². The fourth-order valence-electron chi connectivity index (χ4n) is 3.14. The van der Waals surface area contributed by atoms with Crippen LogP contribution in [0.15, 0.2) is 0 Å². The van der Waals surface area contributed by atoms with Crippen molar-refractivity contribution in [1.29, 1.82) is 0 Å². The number of likely N-dealkylation sites (tertiary alicyclic amines) is 1. The van der Waals surface area contributed by atoms with Gasteiger partial charge in [0.05, 0.1) is 12.9 Å². The number of unbranched alkanes of at least 4 members (excludes halogenated alkanes) is 2. The Morgan fingerprint density at radius 1 is 1.21 bits per heavy atom. The zero-order chi connectivity index (χ0) is 18.6. The molecule has 24 heavy (non-hydrogen) atoms. The van der Waals surface area contributed by atoms with Gasteiger partial charge in [-0.15, -0.1) is 0 Å². The second kappa shape index (κ2) is 8.04. The van der Waals surface area contributed by atoms with Crippen LogP contribution in [0, 0.1) is 5.92 Å². The Bertz CT molecular complexity index is 522. The summed E-state index contributed by atoms with van der Waals surface area (Å²) in [6, 6.07) is 0. The molecular weight excluding hydrogens is 330 g/mol. The van der Waals surface area contributed by atoms with E-state index in [1.807, 2.05) is 25.7 Å². The molecule has 1 saturated heterocycles. The molecule has 142 valence electrons. The summed E-state index contributed by atoms with van der Waals surface area (Å²) >= 11 is 0. The molecule has 6 nitrogen and oxygen atoms in total. The van der Waals surface area contributed by atoms with Gasteiger partial charge in [-0.05, 0) is 59.8 Å². The van der Waals surface area contributed by atoms with E-state index in [0.717, 1.165) is 44.9 Å². The van der Waals surface area contributed by atoms with Crippen LogP contribution in [-0.2, 0) is 19.0 Å². The smallest absolute Gasteiger partial charge is 0.410 e. The summed E-state index contributed by atoms with van der Waals surface area (Å²) in [5.41, 5.74) is -0.669. The molecule has 1 amide bonds. The van der Waals surface area contributed by atoms with Gasteiger partial charge >= 0.3 is 6.09 Å². The Morgan fingerprint density at radius 3 is 2.38 bits per heavy atom. The minimum atomic E-state index is -3.33. The normalized spacial score (nSPS) is 21.1. The molecule has 1 rings (SSSR count). The molecule has 1 unspecified atom stereocenters. The quantitative estimate of drug-likeness (QED) is 0.511. The van der Waals surface area contributed by atoms with E-state index in [1.54, 1.807) is 0 Å². The lowest BCUT2D eigenvalue weighted by Gasteiger charge is -2.33. The molecule has 0 aromatic heterocycles. The molecule has 0 aromatic rings. The molecule has 0 saturated carbocycles. The molecule has 0 radical (unpaired) electrons. The standard InChI is InChI=1S/C17H33NO5S/c1-16(2,3)23-15(19)18-13-14(12-17(18,4)5)10-8-7-9-11-22-24(6,20)21/h14H,7-13H2,1-6H3. The Labute approximate surface area is 147 Å². The average molecular weight is 364 g/mol. The molecule has 0 spiro atoms. The highest BCUT2D eigenvalue weighted by Gasteiger charge is 2.42. The number of hydrogen-bond donors (Lipinski definition) is 0. The lowest BCUT2D eigenvalue weighted by Crippen LogP contribution is -2.45. The van der Waals surface area contributed by atoms with Crippen molar-refractivity contribution in [3.63, 3.8) is 0 Å². The summed E-state index contributed by atoms with van der Waals surface area (Å²) in [4.78, 5) is 14.2. The van der Waals surface area contributed by atoms with Gasteiger partial charge in [-0.2, -0.15) is 8.42 Å². The first-order valence-corrected chi connectivity index (χ1v) is 10.5. The lowest BCUT2D eigenvalue weighted by molar-refractivity contribution is 0.0131. The number of rotatable bonds is 7. The third kappa shape index (κ3) is 7.83. The van der Waals surface area contributed by atoms with Crippen molar-refractivity contribution >= 4 is 16.2 Å². The van der Waals surface area contributed by atoms with Gasteiger partial charge in [0, 0.05) is 12.1 Å². The fourth-order valence-corrected chi connectivity index (χ4v) is 3.56. The Balaban J connectivity index is 2.35. The summed E-state index contributed by atoms with van der Waals surface area (Å²) in [6.07, 6.45) is 5.50. The number of nitrogens with zero attached hydrogens (tertiary/aromatic N) is 1. The molecule has 1 atom stereocenters. The van der Waals surface area contributed by atoms with Crippen LogP contribution in [0.2, 0.25) is 0 Å². The highest BCUT2D eigenvalue weighted by Crippen LogP contribution is 2.36. The average Bonchev–Trinajstić information content (AvgIpc) is 2.65. The maximum atomic E-state index is 12.4. The minimum absolute atomic E-state index is 0.188. The summed E-state index contributed by atoms with van der Waals surface area (Å²) in [7, 11) is -3.33. The highest BCUT2D eigenvalue weighted by atomic mass is 32.2. The van der Waals surface area contributed by atoms with E-state index < -0.39 is 15.7 Å². The Morgan fingerprint density at radius 2 is 1.83 bits per heavy atom. The molecule has 1 heterocycles. The first kappa shape index (κ1) is 21.2. The third-order valence-electron chi connectivity index (χ3n) is 4.13. The first-order valence-electron chi connectivity index (χ1n) is 8.65. The summed E-state index contributed by atoms with van der Waals surface area (Å²) in [5.74, 6) is 0.461. The Hall–Kier alpha value is -0.820. The maximum absolute atomic E-state index is 12.4. The zero-order valence-electron chi connectivity index (χ0n) is 15.9. The van der Waals surface area contributed by atoms with Crippen LogP contribution in [0.4, 0.5) is 4.79 Å². The van der Waals surface area contributed by atoms with Crippen molar-refractivity contribution in [1.82, 2.24) is 4.90 Å². The monoisotopic (exact) mass is 363 g/mol. The van der Waals surface area contributed by atoms with E-state index in [2.05, 4.69) is 13.8 Å². The van der Waals surface area contributed by atoms with Gasteiger partial charge in [-0.3, -0.25) is 4.18 Å². The van der Waals surface area contributed by atoms with Gasteiger partial charge in [0.25, 0.3) is 10.1 Å². The van der Waals surface area contributed by atoms with Crippen LogP contribution >= 0.6 is 0 Å². The fraction of sp³-hybridized carbons (Fsp3) is 0.941. The summed E-state index contributed by atoms with van der Waals surface area (Å²) in [6.45, 7) is 10.8. The van der Waals surface area contributed by atoms with Crippen molar-refractivity contribution in [3.8, 4) is 0 Å². The third-order valence-corrected chi connectivity index (χ3v) is 4.72. The molecule has 0 N–H and O–H groups in total. The molecule has 1 aliphatic heterocycles. The van der Waals surface area contributed by atoms with E-state index in [0.29, 0.717) is 5.92 Å². The molecule has 7 heteroatoms. The molecule has 0 aliphatic carbocycles. The number of hydrogen-bond acceptors (Lipinski definition) is 5. The number of ether oxygens (including phenoxy) is 1. The maximum Gasteiger partial charge on any atom is 0.410 e. The van der Waals surface area contributed by atoms with E-state index in [-0.39, 0.29) is 18.2 Å². The van der Waals surface area contributed by atoms with Crippen LogP contribution in [0.3, 0.4) is 0 Å². The van der Waals surface area contributed by atoms with Crippen molar-refractivity contribution < 1.29 is 22.1 Å². The SMILES string of the molecule is CC(C)(C)OC(=O)N1CC(CCCCCOS(C)(=O)=O)CC1(C)C. The van der Waals surface area contributed by atoms with E-state index in [1.165, 1.54) is 0 Å². The van der Waals surface area contributed by atoms with Crippen LogP contribution in [-0.4, -0.2) is 50.0 Å². The predicted molar refractivity (Wildman–Crippen MR) is 94.4 cm³/mol. The van der Waals surface area contributed by atoms with Gasteiger partial charge in [-0.25, -0.2) is 4.79 Å². The zero-order valence-corrected chi connectivity index (χ0v) is 16.7. The first-order chi connectivity index (χ1) is 10.8. The van der Waals surface area contributed by atoms with Crippen molar-refractivity contribution in [3.05, 3.63) is 0 Å². The molecule has 0 aromatic carbocycles. The van der Waals surface area contributed by atoms with E-state index >= 15 is 0 Å². The van der Waals surface area contributed by atoms with Crippen LogP contribution < -0.4 is 0 Å². The second-order valence-electron chi connectivity index (χ2n) is 8.35. The minimum Gasteiger partial charge on any atom is -0.444 e. The van der Waals surface area contributed by atoms with Gasteiger partial charge in [0.15, 0.2) is 0 Å². The van der Waals surface area contributed by atoms with Gasteiger partial charge in [0.1, 0.15) is 5.60 Å². The number of carbonyl (C=O) groups is 1. The van der Waals surface area contributed by atoms with E-state index in [4.69, 9.17) is 8.92 Å². The van der Waals surface area contributed by atoms with Crippen LogP contribution in [0.25, 0.3) is 0 Å².